The van der Waals surface area contributed by atoms with Gasteiger partial charge in [-0.2, -0.15) is 0 Å². The van der Waals surface area contributed by atoms with Crippen molar-refractivity contribution in [1.29, 1.82) is 0 Å². The smallest absolute Gasteiger partial charge is 0.238 e. The molecule has 1 atom stereocenters. The van der Waals surface area contributed by atoms with Crippen LogP contribution < -0.4 is 31.1 Å². The SMILES string of the molecule is CC(C)Oc1ccc(S(N)(=O)=O)cc1Nc1nc(-c2ccc(N3CCNC(C(N)=O)C3)nc2)cs1. The number of pyridine rings is 1. The standard InChI is InChI=1S/C22H27N7O4S2/c1-13(2)33-19-5-4-15(35(24,31)32)9-16(19)27-22-28-18(12-34-22)14-3-6-20(26-10-14)29-8-7-25-17(11-29)21(23)30/h3-6,9-10,12-13,17,25H,7-8,11H2,1-2H3,(H2,23,30)(H,27,28)(H2,24,31,32). The van der Waals surface area contributed by atoms with Gasteiger partial charge in [0.15, 0.2) is 5.13 Å². The number of nitrogens with two attached hydrogens (primary N) is 2. The summed E-state index contributed by atoms with van der Waals surface area (Å²) >= 11 is 1.36. The second-order valence-electron chi connectivity index (χ2n) is 8.29. The number of hydrogen-bond acceptors (Lipinski definition) is 10. The number of ether oxygens (including phenoxy) is 1. The predicted molar refractivity (Wildman–Crippen MR) is 135 cm³/mol. The number of nitrogens with zero attached hydrogens (tertiary/aromatic N) is 3. The van der Waals surface area contributed by atoms with Crippen molar-refractivity contribution in [3.8, 4) is 17.0 Å². The largest absolute Gasteiger partial charge is 0.489 e. The summed E-state index contributed by atoms with van der Waals surface area (Å²) in [4.78, 5) is 22.6. The zero-order valence-corrected chi connectivity index (χ0v) is 20.9. The minimum absolute atomic E-state index is 0.0286. The van der Waals surface area contributed by atoms with Crippen LogP contribution in [0.2, 0.25) is 0 Å². The first-order valence-corrected chi connectivity index (χ1v) is 13.3. The summed E-state index contributed by atoms with van der Waals surface area (Å²) in [5.74, 6) is 0.858. The third-order valence-electron chi connectivity index (χ3n) is 5.27. The summed E-state index contributed by atoms with van der Waals surface area (Å²) in [6, 6.07) is 7.79. The molecule has 186 valence electrons. The highest BCUT2D eigenvalue weighted by Crippen LogP contribution is 2.34. The zero-order valence-electron chi connectivity index (χ0n) is 19.3. The highest BCUT2D eigenvalue weighted by molar-refractivity contribution is 7.89. The van der Waals surface area contributed by atoms with Crippen LogP contribution in [0.5, 0.6) is 5.75 Å². The van der Waals surface area contributed by atoms with E-state index in [-0.39, 0.29) is 16.9 Å². The van der Waals surface area contributed by atoms with Crippen LogP contribution in [0.15, 0.2) is 46.8 Å². The molecule has 1 saturated heterocycles. The van der Waals surface area contributed by atoms with Gasteiger partial charge in [0.1, 0.15) is 17.6 Å². The molecule has 1 aliphatic rings. The predicted octanol–water partition coefficient (Wildman–Crippen LogP) is 1.65. The summed E-state index contributed by atoms with van der Waals surface area (Å²) in [5.41, 5.74) is 7.39. The molecule has 13 heteroatoms. The number of sulfonamides is 1. The van der Waals surface area contributed by atoms with E-state index in [1.54, 1.807) is 12.3 Å². The van der Waals surface area contributed by atoms with Crippen molar-refractivity contribution < 1.29 is 17.9 Å². The summed E-state index contributed by atoms with van der Waals surface area (Å²) in [7, 11) is -3.88. The lowest BCUT2D eigenvalue weighted by molar-refractivity contribution is -0.120. The molecule has 11 nitrogen and oxygen atoms in total. The van der Waals surface area contributed by atoms with Crippen molar-refractivity contribution >= 4 is 43.9 Å². The van der Waals surface area contributed by atoms with Crippen molar-refractivity contribution in [3.05, 3.63) is 41.9 Å². The first kappa shape index (κ1) is 24.9. The van der Waals surface area contributed by atoms with E-state index in [1.807, 2.05) is 36.3 Å². The number of amides is 1. The number of piperazine rings is 1. The first-order chi connectivity index (χ1) is 16.6. The number of hydrogen-bond donors (Lipinski definition) is 4. The lowest BCUT2D eigenvalue weighted by Gasteiger charge is -2.32. The topological polar surface area (TPSA) is 166 Å². The molecule has 1 unspecified atom stereocenters. The molecule has 1 aliphatic heterocycles. The molecule has 0 bridgehead atoms. The average Bonchev–Trinajstić information content (AvgIpc) is 3.28. The Kier molecular flexibility index (Phi) is 7.21. The number of carbonyl (C=O) groups excluding carboxylic acids is 1. The maximum Gasteiger partial charge on any atom is 0.238 e. The quantitative estimate of drug-likeness (QED) is 0.347. The number of rotatable bonds is 8. The van der Waals surface area contributed by atoms with E-state index in [4.69, 9.17) is 15.6 Å². The van der Waals surface area contributed by atoms with Gasteiger partial charge in [-0.15, -0.1) is 11.3 Å². The Morgan fingerprint density at radius 2 is 2.11 bits per heavy atom. The second kappa shape index (κ2) is 10.2. The normalized spacial score (nSPS) is 16.3. The van der Waals surface area contributed by atoms with Gasteiger partial charge in [0.25, 0.3) is 0 Å². The fourth-order valence-electron chi connectivity index (χ4n) is 3.59. The average molecular weight is 518 g/mol. The van der Waals surface area contributed by atoms with Crippen molar-refractivity contribution in [1.82, 2.24) is 15.3 Å². The van der Waals surface area contributed by atoms with Gasteiger partial charge in [-0.1, -0.05) is 0 Å². The van der Waals surface area contributed by atoms with Crippen molar-refractivity contribution in [2.24, 2.45) is 10.9 Å². The zero-order chi connectivity index (χ0) is 25.2. The maximum absolute atomic E-state index is 11.8. The fourth-order valence-corrected chi connectivity index (χ4v) is 4.86. The van der Waals surface area contributed by atoms with Gasteiger partial charge in [0, 0.05) is 36.8 Å². The molecule has 3 heterocycles. The van der Waals surface area contributed by atoms with Gasteiger partial charge >= 0.3 is 0 Å². The molecule has 1 amide bonds. The maximum atomic E-state index is 11.8. The molecule has 35 heavy (non-hydrogen) atoms. The number of anilines is 3. The number of nitrogens with one attached hydrogen (secondary N) is 2. The van der Waals surface area contributed by atoms with Crippen LogP contribution in [0.4, 0.5) is 16.6 Å². The number of thiazole rings is 1. The lowest BCUT2D eigenvalue weighted by atomic mass is 10.2. The molecular formula is C22H27N7O4S2. The number of primary sulfonamides is 1. The van der Waals surface area contributed by atoms with Crippen LogP contribution in [-0.4, -0.2) is 56.1 Å². The van der Waals surface area contributed by atoms with E-state index in [2.05, 4.69) is 20.6 Å². The summed E-state index contributed by atoms with van der Waals surface area (Å²) in [6.07, 6.45) is 1.62. The summed E-state index contributed by atoms with van der Waals surface area (Å²) in [5, 5.41) is 14.0. The molecular weight excluding hydrogens is 490 g/mol. The van der Waals surface area contributed by atoms with E-state index < -0.39 is 16.1 Å². The van der Waals surface area contributed by atoms with Gasteiger partial charge < -0.3 is 26.0 Å². The Morgan fingerprint density at radius 3 is 2.77 bits per heavy atom. The molecule has 4 rings (SSSR count). The van der Waals surface area contributed by atoms with Crippen LogP contribution in [0.1, 0.15) is 13.8 Å². The van der Waals surface area contributed by atoms with E-state index in [1.165, 1.54) is 23.5 Å². The highest BCUT2D eigenvalue weighted by Gasteiger charge is 2.24. The van der Waals surface area contributed by atoms with Crippen LogP contribution in [0.3, 0.4) is 0 Å². The van der Waals surface area contributed by atoms with Crippen LogP contribution in [-0.2, 0) is 14.8 Å². The van der Waals surface area contributed by atoms with E-state index >= 15 is 0 Å². The van der Waals surface area contributed by atoms with Gasteiger partial charge in [0.2, 0.25) is 15.9 Å². The van der Waals surface area contributed by atoms with Crippen molar-refractivity contribution in [2.45, 2.75) is 30.9 Å². The van der Waals surface area contributed by atoms with Crippen molar-refractivity contribution in [3.63, 3.8) is 0 Å². The molecule has 1 fully saturated rings. The molecule has 3 aromatic rings. The fraction of sp³-hybridized carbons (Fsp3) is 0.318. The summed E-state index contributed by atoms with van der Waals surface area (Å²) in [6.45, 7) is 5.59. The Bertz CT molecular complexity index is 1310. The van der Waals surface area contributed by atoms with Crippen LogP contribution in [0.25, 0.3) is 11.3 Å². The number of primary amides is 1. The molecule has 0 radical (unpaired) electrons. The van der Waals surface area contributed by atoms with Gasteiger partial charge in [0.05, 0.1) is 22.4 Å². The van der Waals surface area contributed by atoms with E-state index in [0.29, 0.717) is 35.4 Å². The number of carbonyl (C=O) groups is 1. The Morgan fingerprint density at radius 1 is 1.31 bits per heavy atom. The highest BCUT2D eigenvalue weighted by atomic mass is 32.2. The Hall–Kier alpha value is -3.26. The van der Waals surface area contributed by atoms with Crippen LogP contribution >= 0.6 is 11.3 Å². The monoisotopic (exact) mass is 517 g/mol. The molecule has 1 aromatic carbocycles. The van der Waals surface area contributed by atoms with Crippen molar-refractivity contribution in [2.75, 3.05) is 29.9 Å². The number of aromatic nitrogens is 2. The van der Waals surface area contributed by atoms with Gasteiger partial charge in [-0.05, 0) is 44.2 Å². The van der Waals surface area contributed by atoms with E-state index in [9.17, 15) is 13.2 Å². The lowest BCUT2D eigenvalue weighted by Crippen LogP contribution is -2.56. The minimum atomic E-state index is -3.88. The molecule has 0 aliphatic carbocycles. The van der Waals surface area contributed by atoms with Crippen LogP contribution in [0, 0.1) is 0 Å². The molecule has 2 aromatic heterocycles. The van der Waals surface area contributed by atoms with E-state index in [0.717, 1.165) is 17.9 Å². The Labute approximate surface area is 207 Å². The Balaban J connectivity index is 1.52. The second-order valence-corrected chi connectivity index (χ2v) is 10.7. The third-order valence-corrected chi connectivity index (χ3v) is 6.94. The first-order valence-electron chi connectivity index (χ1n) is 10.9. The van der Waals surface area contributed by atoms with Gasteiger partial charge in [-0.25, -0.2) is 23.5 Å². The molecule has 0 saturated carbocycles. The number of benzene rings is 1. The molecule has 0 spiro atoms. The summed E-state index contributed by atoms with van der Waals surface area (Å²) < 4.78 is 29.4. The molecule has 6 N–H and O–H groups in total. The van der Waals surface area contributed by atoms with Gasteiger partial charge in [-0.3, -0.25) is 4.79 Å². The third kappa shape index (κ3) is 6.06. The minimum Gasteiger partial charge on any atom is -0.489 e.